The smallest absolute Gasteiger partial charge is 0.333 e. The van der Waals surface area contributed by atoms with Crippen LogP contribution in [0, 0.1) is 11.3 Å². The maximum atomic E-state index is 15.7. The molecule has 5 atom stereocenters. The zero-order valence-electron chi connectivity index (χ0n) is 19.5. The number of anilines is 1. The van der Waals surface area contributed by atoms with Crippen LogP contribution in [0.5, 0.6) is 0 Å². The van der Waals surface area contributed by atoms with Gasteiger partial charge in [-0.1, -0.05) is 24.3 Å². The van der Waals surface area contributed by atoms with Gasteiger partial charge in [-0.2, -0.15) is 5.26 Å². The number of aliphatic hydroxyl groups is 1. The second-order valence-corrected chi connectivity index (χ2v) is 8.85. The molecule has 1 amide bonds. The summed E-state index contributed by atoms with van der Waals surface area (Å²) in [5.41, 5.74) is 0.859. The van der Waals surface area contributed by atoms with Gasteiger partial charge in [-0.15, -0.1) is 6.58 Å². The summed E-state index contributed by atoms with van der Waals surface area (Å²) in [6, 6.07) is 10.5. The normalized spacial score (nSPS) is 22.0. The average Bonchev–Trinajstić information content (AvgIpc) is 3.49. The Labute approximate surface area is 212 Å². The highest BCUT2D eigenvalue weighted by molar-refractivity contribution is 7.41. The summed E-state index contributed by atoms with van der Waals surface area (Å²) in [6.07, 6.45) is -1.23. The highest BCUT2D eigenvalue weighted by Gasteiger charge is 2.49. The number of aromatic nitrogens is 4. The van der Waals surface area contributed by atoms with Crippen molar-refractivity contribution in [2.24, 2.45) is 0 Å². The van der Waals surface area contributed by atoms with Crippen molar-refractivity contribution in [3.8, 4) is 6.07 Å². The van der Waals surface area contributed by atoms with Gasteiger partial charge in [0, 0.05) is 5.56 Å². The third-order valence-corrected chi connectivity index (χ3v) is 6.43. The van der Waals surface area contributed by atoms with Crippen molar-refractivity contribution in [3.05, 3.63) is 61.2 Å². The molecule has 5 unspecified atom stereocenters. The molecule has 1 saturated heterocycles. The van der Waals surface area contributed by atoms with Gasteiger partial charge in [0.15, 0.2) is 29.4 Å². The first-order valence-electron chi connectivity index (χ1n) is 11.2. The SMILES string of the molecule is C=CCOP(OCCC#N)OC1C(CO)OC(n2cnc3c(NC(=O)c4ccccc4)ncnc32)C1F. The molecule has 0 saturated carbocycles. The fourth-order valence-electron chi connectivity index (χ4n) is 3.57. The van der Waals surface area contributed by atoms with Crippen molar-refractivity contribution >= 4 is 31.5 Å². The molecule has 4 rings (SSSR count). The van der Waals surface area contributed by atoms with Crippen LogP contribution in [0.4, 0.5) is 10.2 Å². The summed E-state index contributed by atoms with van der Waals surface area (Å²) in [6.45, 7) is 3.13. The van der Waals surface area contributed by atoms with E-state index in [0.29, 0.717) is 5.56 Å². The van der Waals surface area contributed by atoms with Crippen LogP contribution in [0.15, 0.2) is 55.6 Å². The fraction of sp³-hybridized carbons (Fsp3) is 0.348. The molecule has 2 aromatic heterocycles. The van der Waals surface area contributed by atoms with Gasteiger partial charge in [0.05, 0.1) is 38.6 Å². The van der Waals surface area contributed by atoms with Crippen LogP contribution >= 0.6 is 8.60 Å². The lowest BCUT2D eigenvalue weighted by Crippen LogP contribution is -2.33. The first kappa shape index (κ1) is 26.7. The lowest BCUT2D eigenvalue weighted by atomic mass is 10.1. The van der Waals surface area contributed by atoms with Gasteiger partial charge in [0.25, 0.3) is 5.91 Å². The fourth-order valence-corrected chi connectivity index (χ4v) is 4.68. The predicted molar refractivity (Wildman–Crippen MR) is 130 cm³/mol. The predicted octanol–water partition coefficient (Wildman–Crippen LogP) is 3.05. The van der Waals surface area contributed by atoms with Crippen LogP contribution in [0.3, 0.4) is 0 Å². The number of hydrogen-bond donors (Lipinski definition) is 2. The van der Waals surface area contributed by atoms with Crippen molar-refractivity contribution in [1.29, 1.82) is 5.26 Å². The number of nitrogens with zero attached hydrogens (tertiary/aromatic N) is 5. The van der Waals surface area contributed by atoms with E-state index in [-0.39, 0.29) is 36.6 Å². The summed E-state index contributed by atoms with van der Waals surface area (Å²) in [4.78, 5) is 25.1. The Hall–Kier alpha value is -3.37. The molecule has 37 heavy (non-hydrogen) atoms. The number of hydrogen-bond acceptors (Lipinski definition) is 10. The Kier molecular flexibility index (Phi) is 9.19. The zero-order valence-corrected chi connectivity index (χ0v) is 20.4. The molecule has 3 heterocycles. The first-order chi connectivity index (χ1) is 18.1. The Balaban J connectivity index is 1.54. The minimum absolute atomic E-state index is 0.0254. The Morgan fingerprint density at radius 2 is 2.14 bits per heavy atom. The summed E-state index contributed by atoms with van der Waals surface area (Å²) < 4.78 is 39.4. The number of amides is 1. The number of imidazole rings is 1. The lowest BCUT2D eigenvalue weighted by molar-refractivity contribution is -0.0450. The van der Waals surface area contributed by atoms with E-state index < -0.39 is 45.7 Å². The number of rotatable bonds is 12. The second kappa shape index (κ2) is 12.7. The molecule has 1 aliphatic rings. The van der Waals surface area contributed by atoms with Gasteiger partial charge in [-0.25, -0.2) is 19.3 Å². The van der Waals surface area contributed by atoms with E-state index >= 15 is 4.39 Å². The highest BCUT2D eigenvalue weighted by Crippen LogP contribution is 2.46. The maximum absolute atomic E-state index is 15.7. The summed E-state index contributed by atoms with van der Waals surface area (Å²) in [7, 11) is -2.05. The molecule has 0 bridgehead atoms. The average molecular weight is 530 g/mol. The zero-order chi connectivity index (χ0) is 26.2. The van der Waals surface area contributed by atoms with E-state index in [1.165, 1.54) is 23.3 Å². The molecule has 0 spiro atoms. The largest absolute Gasteiger partial charge is 0.394 e. The van der Waals surface area contributed by atoms with Gasteiger partial charge in [0.2, 0.25) is 0 Å². The Morgan fingerprint density at radius 3 is 2.86 bits per heavy atom. The molecule has 1 aliphatic heterocycles. The van der Waals surface area contributed by atoms with Gasteiger partial charge in [-0.3, -0.25) is 9.36 Å². The molecule has 194 valence electrons. The third kappa shape index (κ3) is 6.14. The topological polar surface area (TPSA) is 154 Å². The minimum atomic E-state index is -2.05. The molecule has 1 fully saturated rings. The van der Waals surface area contributed by atoms with E-state index in [0.717, 1.165) is 0 Å². The van der Waals surface area contributed by atoms with Crippen LogP contribution in [0.25, 0.3) is 11.2 Å². The molecular formula is C23H24FN6O6P. The van der Waals surface area contributed by atoms with Crippen LogP contribution in [0.1, 0.15) is 23.0 Å². The van der Waals surface area contributed by atoms with Crippen LogP contribution in [-0.2, 0) is 18.3 Å². The van der Waals surface area contributed by atoms with Crippen LogP contribution in [-0.4, -0.2) is 68.7 Å². The van der Waals surface area contributed by atoms with Crippen molar-refractivity contribution in [2.45, 2.75) is 31.0 Å². The third-order valence-electron chi connectivity index (χ3n) is 5.26. The van der Waals surface area contributed by atoms with Crippen molar-refractivity contribution in [2.75, 3.05) is 25.1 Å². The monoisotopic (exact) mass is 530 g/mol. The molecule has 12 nitrogen and oxygen atoms in total. The number of nitrogens with one attached hydrogen (secondary N) is 1. The number of carbonyl (C=O) groups is 1. The summed E-state index contributed by atoms with van der Waals surface area (Å²) >= 11 is 0. The molecule has 2 N–H and O–H groups in total. The Morgan fingerprint density at radius 1 is 1.32 bits per heavy atom. The quantitative estimate of drug-likeness (QED) is 0.203. The molecular weight excluding hydrogens is 506 g/mol. The second-order valence-electron chi connectivity index (χ2n) is 7.68. The van der Waals surface area contributed by atoms with Gasteiger partial charge < -0.3 is 28.7 Å². The number of fused-ring (bicyclic) bond motifs is 1. The first-order valence-corrected chi connectivity index (χ1v) is 12.3. The standard InChI is InChI=1S/C23H24FN6O6P/c1-2-10-33-37(34-11-6-9-25)36-19-16(12-31)35-23(17(19)24)30-14-28-18-20(26-13-27-21(18)30)29-22(32)15-7-4-3-5-8-15/h2-5,7-8,13-14,16-17,19,23,31H,1,6,10-12H2,(H,26,27,29,32). The number of alkyl halides is 1. The van der Waals surface area contributed by atoms with E-state index in [9.17, 15) is 9.90 Å². The summed E-state index contributed by atoms with van der Waals surface area (Å²) in [5, 5.41) is 21.3. The number of halogens is 1. The van der Waals surface area contributed by atoms with Gasteiger partial charge in [-0.05, 0) is 12.1 Å². The van der Waals surface area contributed by atoms with Gasteiger partial charge in [0.1, 0.15) is 18.5 Å². The maximum Gasteiger partial charge on any atom is 0.333 e. The lowest BCUT2D eigenvalue weighted by Gasteiger charge is -2.23. The molecule has 0 radical (unpaired) electrons. The highest BCUT2D eigenvalue weighted by atomic mass is 31.2. The van der Waals surface area contributed by atoms with E-state index in [1.807, 2.05) is 6.07 Å². The van der Waals surface area contributed by atoms with Crippen molar-refractivity contribution < 1.29 is 32.6 Å². The Bertz CT molecular complexity index is 1260. The number of aliphatic hydroxyl groups excluding tert-OH is 1. The van der Waals surface area contributed by atoms with E-state index in [1.54, 1.807) is 30.3 Å². The van der Waals surface area contributed by atoms with Crippen LogP contribution in [0.2, 0.25) is 0 Å². The number of nitriles is 1. The van der Waals surface area contributed by atoms with Gasteiger partial charge >= 0.3 is 8.60 Å². The van der Waals surface area contributed by atoms with Crippen LogP contribution < -0.4 is 5.32 Å². The number of benzene rings is 1. The van der Waals surface area contributed by atoms with Crippen molar-refractivity contribution in [1.82, 2.24) is 19.5 Å². The molecule has 3 aromatic rings. The van der Waals surface area contributed by atoms with Crippen molar-refractivity contribution in [3.63, 3.8) is 0 Å². The van der Waals surface area contributed by atoms with E-state index in [2.05, 4.69) is 26.8 Å². The summed E-state index contributed by atoms with van der Waals surface area (Å²) in [5.74, 6) is -0.251. The van der Waals surface area contributed by atoms with E-state index in [4.69, 9.17) is 23.6 Å². The molecule has 14 heteroatoms. The molecule has 0 aliphatic carbocycles. The number of carbonyl (C=O) groups excluding carboxylic acids is 1. The minimum Gasteiger partial charge on any atom is -0.394 e. The number of ether oxygens (including phenoxy) is 1. The molecule has 1 aromatic carbocycles.